The van der Waals surface area contributed by atoms with Crippen molar-refractivity contribution in [1.82, 2.24) is 5.32 Å². The molecule has 0 unspecified atom stereocenters. The standard InChI is InChI=1S/C23H15BrN4O6S/c1-13-2-5-15(6-3-13)25-23-26-22(29)21(35-23)11-14-4-8-19(17(24)10-14)34-20-9-7-16(27(30)31)12-18(20)28(32)33/h2-12H,1H3,(H,25,26,29)/b21-11-. The molecule has 3 aromatic rings. The molecular formula is C23H15BrN4O6S. The fourth-order valence-corrected chi connectivity index (χ4v) is 4.34. The van der Waals surface area contributed by atoms with Gasteiger partial charge in [0.05, 0.1) is 31.0 Å². The third-order valence-electron chi connectivity index (χ3n) is 4.74. The van der Waals surface area contributed by atoms with Gasteiger partial charge < -0.3 is 10.1 Å². The molecule has 35 heavy (non-hydrogen) atoms. The van der Waals surface area contributed by atoms with E-state index >= 15 is 0 Å². The van der Waals surface area contributed by atoms with Crippen molar-refractivity contribution in [2.45, 2.75) is 6.92 Å². The van der Waals surface area contributed by atoms with Crippen LogP contribution in [0.15, 0.2) is 75.0 Å². The van der Waals surface area contributed by atoms with Crippen molar-refractivity contribution >= 4 is 61.9 Å². The average molecular weight is 555 g/mol. The molecule has 4 rings (SSSR count). The van der Waals surface area contributed by atoms with Gasteiger partial charge in [0.15, 0.2) is 5.17 Å². The normalized spacial score (nSPS) is 15.3. The predicted octanol–water partition coefficient (Wildman–Crippen LogP) is 6.26. The van der Waals surface area contributed by atoms with Gasteiger partial charge in [-0.15, -0.1) is 0 Å². The quantitative estimate of drug-likeness (QED) is 0.215. The number of aliphatic imine (C=N–C) groups is 1. The highest BCUT2D eigenvalue weighted by molar-refractivity contribution is 9.10. The summed E-state index contributed by atoms with van der Waals surface area (Å²) in [5.74, 6) is -0.164. The Kier molecular flexibility index (Phi) is 6.94. The summed E-state index contributed by atoms with van der Waals surface area (Å²) in [6.45, 7) is 1.98. The van der Waals surface area contributed by atoms with E-state index in [-0.39, 0.29) is 17.4 Å². The van der Waals surface area contributed by atoms with Crippen molar-refractivity contribution in [3.63, 3.8) is 0 Å². The number of hydrogen-bond acceptors (Lipinski definition) is 8. The molecule has 1 aliphatic heterocycles. The minimum Gasteiger partial charge on any atom is -0.449 e. The number of halogens is 1. The number of aryl methyl sites for hydroxylation is 1. The Labute approximate surface area is 211 Å². The third-order valence-corrected chi connectivity index (χ3v) is 6.27. The topological polar surface area (TPSA) is 137 Å². The van der Waals surface area contributed by atoms with E-state index in [4.69, 9.17) is 4.74 Å². The molecule has 0 saturated carbocycles. The molecule has 1 saturated heterocycles. The van der Waals surface area contributed by atoms with Crippen LogP contribution in [-0.4, -0.2) is 20.9 Å². The summed E-state index contributed by atoms with van der Waals surface area (Å²) in [6.07, 6.45) is 1.68. The molecule has 1 N–H and O–H groups in total. The molecule has 0 atom stereocenters. The van der Waals surface area contributed by atoms with E-state index in [2.05, 4.69) is 26.2 Å². The Morgan fingerprint density at radius 1 is 1.00 bits per heavy atom. The summed E-state index contributed by atoms with van der Waals surface area (Å²) in [6, 6.07) is 15.7. The zero-order valence-electron chi connectivity index (χ0n) is 17.9. The number of nitrogens with one attached hydrogen (secondary N) is 1. The van der Waals surface area contributed by atoms with Crippen LogP contribution < -0.4 is 10.1 Å². The number of non-ortho nitro benzene ring substituents is 1. The Morgan fingerprint density at radius 2 is 1.71 bits per heavy atom. The first kappa shape index (κ1) is 24.1. The van der Waals surface area contributed by atoms with Crippen LogP contribution in [0, 0.1) is 27.2 Å². The van der Waals surface area contributed by atoms with Gasteiger partial charge >= 0.3 is 5.69 Å². The highest BCUT2D eigenvalue weighted by Gasteiger charge is 2.24. The monoisotopic (exact) mass is 554 g/mol. The van der Waals surface area contributed by atoms with Crippen LogP contribution in [0.3, 0.4) is 0 Å². The maximum absolute atomic E-state index is 12.4. The van der Waals surface area contributed by atoms with E-state index in [0.29, 0.717) is 20.1 Å². The Hall–Kier alpha value is -4.03. The lowest BCUT2D eigenvalue weighted by Crippen LogP contribution is -2.19. The molecule has 1 fully saturated rings. The van der Waals surface area contributed by atoms with Gasteiger partial charge in [-0.1, -0.05) is 23.8 Å². The number of carbonyl (C=O) groups is 1. The minimum absolute atomic E-state index is 0.143. The number of nitrogens with zero attached hydrogens (tertiary/aromatic N) is 3. The summed E-state index contributed by atoms with van der Waals surface area (Å²) in [4.78, 5) is 38.1. The van der Waals surface area contributed by atoms with E-state index in [1.165, 1.54) is 17.8 Å². The Balaban J connectivity index is 1.54. The van der Waals surface area contributed by atoms with E-state index in [1.54, 1.807) is 24.3 Å². The van der Waals surface area contributed by atoms with Gasteiger partial charge in [0.1, 0.15) is 5.75 Å². The molecule has 0 radical (unpaired) electrons. The van der Waals surface area contributed by atoms with Gasteiger partial charge in [0.25, 0.3) is 11.6 Å². The number of hydrogen-bond donors (Lipinski definition) is 1. The van der Waals surface area contributed by atoms with Gasteiger partial charge in [-0.2, -0.15) is 0 Å². The number of nitro groups is 2. The van der Waals surface area contributed by atoms with Crippen molar-refractivity contribution in [2.75, 3.05) is 0 Å². The number of carbonyl (C=O) groups excluding carboxylic acids is 1. The molecule has 1 aliphatic rings. The smallest absolute Gasteiger partial charge is 0.318 e. The molecule has 1 amide bonds. The van der Waals surface area contributed by atoms with Crippen LogP contribution in [0.2, 0.25) is 0 Å². The van der Waals surface area contributed by atoms with Gasteiger partial charge in [-0.05, 0) is 76.6 Å². The molecule has 176 valence electrons. The maximum atomic E-state index is 12.4. The van der Waals surface area contributed by atoms with E-state index < -0.39 is 21.2 Å². The third kappa shape index (κ3) is 5.73. The van der Waals surface area contributed by atoms with Crippen molar-refractivity contribution in [3.8, 4) is 11.5 Å². The lowest BCUT2D eigenvalue weighted by Gasteiger charge is -2.09. The fraction of sp³-hybridized carbons (Fsp3) is 0.0435. The molecule has 1 heterocycles. The van der Waals surface area contributed by atoms with Crippen molar-refractivity contribution < 1.29 is 19.4 Å². The fourth-order valence-electron chi connectivity index (χ4n) is 3.02. The largest absolute Gasteiger partial charge is 0.449 e. The average Bonchev–Trinajstić information content (AvgIpc) is 3.15. The first-order valence-electron chi connectivity index (χ1n) is 9.96. The second-order valence-corrected chi connectivity index (χ2v) is 9.16. The SMILES string of the molecule is Cc1ccc(N=C2NC(=O)/C(=C/c3ccc(Oc4ccc([N+](=O)[O-])cc4[N+](=O)[O-])c(Br)c3)S2)cc1. The number of amides is 1. The Morgan fingerprint density at radius 3 is 2.37 bits per heavy atom. The van der Waals surface area contributed by atoms with Crippen LogP contribution in [-0.2, 0) is 4.79 Å². The molecule has 0 aromatic heterocycles. The maximum Gasteiger partial charge on any atom is 0.318 e. The van der Waals surface area contributed by atoms with Gasteiger partial charge in [0, 0.05) is 6.07 Å². The van der Waals surface area contributed by atoms with Gasteiger partial charge in [-0.25, -0.2) is 4.99 Å². The second-order valence-electron chi connectivity index (χ2n) is 7.28. The summed E-state index contributed by atoms with van der Waals surface area (Å²) >= 11 is 4.57. The molecular weight excluding hydrogens is 540 g/mol. The van der Waals surface area contributed by atoms with Crippen LogP contribution in [0.4, 0.5) is 17.1 Å². The zero-order chi connectivity index (χ0) is 25.1. The zero-order valence-corrected chi connectivity index (χ0v) is 20.3. The van der Waals surface area contributed by atoms with Gasteiger partial charge in [-0.3, -0.25) is 25.0 Å². The highest BCUT2D eigenvalue weighted by Crippen LogP contribution is 2.38. The number of ether oxygens (including phenoxy) is 1. The van der Waals surface area contributed by atoms with Crippen molar-refractivity contribution in [2.24, 2.45) is 4.99 Å². The second kappa shape index (κ2) is 10.1. The van der Waals surface area contributed by atoms with Gasteiger partial charge in [0.2, 0.25) is 5.75 Å². The minimum atomic E-state index is -0.749. The lowest BCUT2D eigenvalue weighted by molar-refractivity contribution is -0.394. The molecule has 0 bridgehead atoms. The summed E-state index contributed by atoms with van der Waals surface area (Å²) in [7, 11) is 0. The van der Waals surface area contributed by atoms with Crippen molar-refractivity contribution in [1.29, 1.82) is 0 Å². The van der Waals surface area contributed by atoms with Crippen molar-refractivity contribution in [3.05, 3.63) is 101 Å². The van der Waals surface area contributed by atoms with Crippen LogP contribution in [0.5, 0.6) is 11.5 Å². The van der Waals surface area contributed by atoms with E-state index in [1.807, 2.05) is 31.2 Å². The van der Waals surface area contributed by atoms with Crippen LogP contribution in [0.1, 0.15) is 11.1 Å². The number of rotatable bonds is 6. The number of nitro benzene ring substituents is 2. The molecule has 10 nitrogen and oxygen atoms in total. The molecule has 0 spiro atoms. The predicted molar refractivity (Wildman–Crippen MR) is 136 cm³/mol. The van der Waals surface area contributed by atoms with E-state index in [0.717, 1.165) is 23.4 Å². The first-order valence-corrected chi connectivity index (χ1v) is 11.6. The molecule has 3 aromatic carbocycles. The summed E-state index contributed by atoms with van der Waals surface area (Å²) < 4.78 is 6.11. The molecule has 12 heteroatoms. The summed E-state index contributed by atoms with van der Waals surface area (Å²) in [5, 5.41) is 25.5. The van der Waals surface area contributed by atoms with Crippen LogP contribution >= 0.6 is 27.7 Å². The Bertz CT molecular complexity index is 1420. The number of thioether (sulfide) groups is 1. The summed E-state index contributed by atoms with van der Waals surface area (Å²) in [5.41, 5.74) is 1.57. The first-order chi connectivity index (χ1) is 16.7. The highest BCUT2D eigenvalue weighted by atomic mass is 79.9. The van der Waals surface area contributed by atoms with E-state index in [9.17, 15) is 25.0 Å². The lowest BCUT2D eigenvalue weighted by atomic mass is 10.2. The number of benzene rings is 3. The number of amidine groups is 1. The molecule has 0 aliphatic carbocycles. The van der Waals surface area contributed by atoms with Crippen LogP contribution in [0.25, 0.3) is 6.08 Å².